The minimum atomic E-state index is -1.09. The molecule has 7 heteroatoms. The van der Waals surface area contributed by atoms with Crippen LogP contribution >= 0.6 is 0 Å². The average molecular weight is 319 g/mol. The van der Waals surface area contributed by atoms with Crippen LogP contribution in [0.25, 0.3) is 0 Å². The fourth-order valence-corrected chi connectivity index (χ4v) is 4.28. The summed E-state index contributed by atoms with van der Waals surface area (Å²) >= 11 is 0. The lowest BCUT2D eigenvalue weighted by atomic mass is 9.96. The maximum Gasteiger partial charge on any atom is 0.408 e. The second-order valence-corrected chi connectivity index (χ2v) is 6.41. The van der Waals surface area contributed by atoms with Gasteiger partial charge in [-0.3, -0.25) is 9.69 Å². The van der Waals surface area contributed by atoms with Gasteiger partial charge in [-0.1, -0.05) is 6.08 Å². The zero-order valence-electron chi connectivity index (χ0n) is 12.9. The third-order valence-electron chi connectivity index (χ3n) is 5.20. The standard InChI is InChI=1S/C16H21N3O4/c1-2-6-23-13-8-10-7-12(13)19(16(21)22)14(10)15(20)18-5-3-4-11(18)9-17/h2,10-14H,1,3-8H2,(H,21,22)/t10-,11+,12+,13-,14+/m1/s1. The maximum absolute atomic E-state index is 12.9. The van der Waals surface area contributed by atoms with Gasteiger partial charge in [-0.2, -0.15) is 5.26 Å². The van der Waals surface area contributed by atoms with E-state index < -0.39 is 18.2 Å². The number of hydrogen-bond donors (Lipinski definition) is 1. The van der Waals surface area contributed by atoms with E-state index in [2.05, 4.69) is 12.6 Å². The first-order chi connectivity index (χ1) is 11.1. The lowest BCUT2D eigenvalue weighted by Gasteiger charge is -2.38. The first-order valence-corrected chi connectivity index (χ1v) is 8.02. The smallest absolute Gasteiger partial charge is 0.408 e. The van der Waals surface area contributed by atoms with E-state index in [1.54, 1.807) is 11.0 Å². The fraction of sp³-hybridized carbons (Fsp3) is 0.688. The summed E-state index contributed by atoms with van der Waals surface area (Å²) in [4.78, 5) is 27.4. The average Bonchev–Trinajstić information content (AvgIpc) is 3.24. The highest BCUT2D eigenvalue weighted by atomic mass is 16.5. The van der Waals surface area contributed by atoms with Gasteiger partial charge in [0.2, 0.25) is 5.91 Å². The number of rotatable bonds is 4. The number of piperidine rings is 1. The number of carbonyl (C=O) groups excluding carboxylic acids is 1. The van der Waals surface area contributed by atoms with E-state index >= 15 is 0 Å². The Labute approximate surface area is 135 Å². The highest BCUT2D eigenvalue weighted by molar-refractivity contribution is 5.87. The van der Waals surface area contributed by atoms with E-state index in [9.17, 15) is 20.0 Å². The Morgan fingerprint density at radius 1 is 1.43 bits per heavy atom. The number of carbonyl (C=O) groups is 2. The van der Waals surface area contributed by atoms with Gasteiger partial charge in [-0.15, -0.1) is 6.58 Å². The Morgan fingerprint density at radius 3 is 2.87 bits per heavy atom. The Bertz CT molecular complexity index is 558. The number of fused-ring (bicyclic) bond motifs is 2. The molecular formula is C16H21N3O4. The first-order valence-electron chi connectivity index (χ1n) is 8.02. The van der Waals surface area contributed by atoms with Crippen LogP contribution in [0.15, 0.2) is 12.7 Å². The van der Waals surface area contributed by atoms with Crippen molar-refractivity contribution in [3.63, 3.8) is 0 Å². The first kappa shape index (κ1) is 15.8. The van der Waals surface area contributed by atoms with Crippen molar-refractivity contribution in [1.29, 1.82) is 5.26 Å². The molecule has 3 aliphatic rings. The summed E-state index contributed by atoms with van der Waals surface area (Å²) in [6.45, 7) is 4.52. The van der Waals surface area contributed by atoms with Crippen LogP contribution in [-0.2, 0) is 9.53 Å². The van der Waals surface area contributed by atoms with Crippen LogP contribution in [0.5, 0.6) is 0 Å². The van der Waals surface area contributed by atoms with Crippen molar-refractivity contribution in [2.75, 3.05) is 13.2 Å². The van der Waals surface area contributed by atoms with E-state index in [1.165, 1.54) is 4.90 Å². The van der Waals surface area contributed by atoms with Crippen LogP contribution < -0.4 is 0 Å². The molecule has 0 aromatic rings. The third-order valence-corrected chi connectivity index (χ3v) is 5.20. The molecular weight excluding hydrogens is 298 g/mol. The summed E-state index contributed by atoms with van der Waals surface area (Å²) in [6, 6.07) is 0.767. The van der Waals surface area contributed by atoms with Gasteiger partial charge < -0.3 is 14.7 Å². The number of amides is 2. The normalized spacial score (nSPS) is 35.3. The largest absolute Gasteiger partial charge is 0.465 e. The minimum absolute atomic E-state index is 0.0293. The van der Waals surface area contributed by atoms with Crippen molar-refractivity contribution in [1.82, 2.24) is 9.80 Å². The number of likely N-dealkylation sites (tertiary alicyclic amines) is 2. The summed E-state index contributed by atoms with van der Waals surface area (Å²) in [5.74, 6) is -0.246. The van der Waals surface area contributed by atoms with Gasteiger partial charge in [0.25, 0.3) is 0 Å². The quantitative estimate of drug-likeness (QED) is 0.786. The van der Waals surface area contributed by atoms with Crippen LogP contribution in [0, 0.1) is 17.2 Å². The molecule has 0 aromatic heterocycles. The third kappa shape index (κ3) is 2.57. The van der Waals surface area contributed by atoms with E-state index in [0.29, 0.717) is 32.4 Å². The van der Waals surface area contributed by atoms with Crippen LogP contribution in [0.2, 0.25) is 0 Å². The molecule has 0 unspecified atom stereocenters. The van der Waals surface area contributed by atoms with Gasteiger partial charge in [0.05, 0.1) is 24.8 Å². The van der Waals surface area contributed by atoms with Crippen molar-refractivity contribution < 1.29 is 19.4 Å². The van der Waals surface area contributed by atoms with Crippen LogP contribution in [0.4, 0.5) is 4.79 Å². The molecule has 7 nitrogen and oxygen atoms in total. The summed E-state index contributed by atoms with van der Waals surface area (Å²) in [5, 5.41) is 18.7. The van der Waals surface area contributed by atoms with Gasteiger partial charge in [0, 0.05) is 6.54 Å². The number of carboxylic acid groups (broad SMARTS) is 1. The van der Waals surface area contributed by atoms with Crippen molar-refractivity contribution in [2.24, 2.45) is 5.92 Å². The fourth-order valence-electron chi connectivity index (χ4n) is 4.28. The number of nitriles is 1. The van der Waals surface area contributed by atoms with Gasteiger partial charge >= 0.3 is 6.09 Å². The van der Waals surface area contributed by atoms with E-state index in [0.717, 1.165) is 6.42 Å². The Kier molecular flexibility index (Phi) is 4.26. The predicted octanol–water partition coefficient (Wildman–Crippen LogP) is 1.21. The van der Waals surface area contributed by atoms with E-state index in [4.69, 9.17) is 4.74 Å². The molecule has 2 amide bonds. The highest BCUT2D eigenvalue weighted by Gasteiger charge is 2.57. The zero-order valence-corrected chi connectivity index (χ0v) is 12.9. The lowest BCUT2D eigenvalue weighted by Crippen LogP contribution is -2.57. The van der Waals surface area contributed by atoms with Crippen molar-refractivity contribution in [3.8, 4) is 6.07 Å². The SMILES string of the molecule is C=CCO[C@@H]1C[C@H]2C[C@@H]1N(C(=O)O)[C@@H]2C(=O)N1CCC[C@H]1C#N. The molecule has 1 N–H and O–H groups in total. The van der Waals surface area contributed by atoms with Crippen LogP contribution in [0.1, 0.15) is 25.7 Å². The maximum atomic E-state index is 12.9. The molecule has 2 heterocycles. The van der Waals surface area contributed by atoms with Crippen molar-refractivity contribution >= 4 is 12.0 Å². The lowest BCUT2D eigenvalue weighted by molar-refractivity contribution is -0.139. The molecule has 1 saturated carbocycles. The summed E-state index contributed by atoms with van der Waals surface area (Å²) in [5.41, 5.74) is 0. The molecule has 1 aliphatic carbocycles. The summed E-state index contributed by atoms with van der Waals surface area (Å²) in [6.07, 6.45) is 3.17. The van der Waals surface area contributed by atoms with Gasteiger partial charge in [0.1, 0.15) is 12.1 Å². The number of ether oxygens (including phenoxy) is 1. The van der Waals surface area contributed by atoms with Crippen LogP contribution in [0.3, 0.4) is 0 Å². The molecule has 2 aliphatic heterocycles. The second-order valence-electron chi connectivity index (χ2n) is 6.41. The Balaban J connectivity index is 1.78. The highest BCUT2D eigenvalue weighted by Crippen LogP contribution is 2.45. The molecule has 2 bridgehead atoms. The minimum Gasteiger partial charge on any atom is -0.465 e. The molecule has 0 aromatic carbocycles. The molecule has 23 heavy (non-hydrogen) atoms. The topological polar surface area (TPSA) is 93.9 Å². The molecule has 3 fully saturated rings. The van der Waals surface area contributed by atoms with E-state index in [-0.39, 0.29) is 24.0 Å². The molecule has 2 saturated heterocycles. The van der Waals surface area contributed by atoms with Crippen LogP contribution in [-0.4, -0.2) is 64.3 Å². The number of nitrogens with zero attached hydrogens (tertiary/aromatic N) is 3. The predicted molar refractivity (Wildman–Crippen MR) is 80.4 cm³/mol. The van der Waals surface area contributed by atoms with Crippen molar-refractivity contribution in [2.45, 2.75) is 49.9 Å². The van der Waals surface area contributed by atoms with Crippen molar-refractivity contribution in [3.05, 3.63) is 12.7 Å². The van der Waals surface area contributed by atoms with E-state index in [1.807, 2.05) is 0 Å². The molecule has 124 valence electrons. The van der Waals surface area contributed by atoms with Gasteiger partial charge in [0.15, 0.2) is 0 Å². The summed E-state index contributed by atoms with van der Waals surface area (Å²) < 4.78 is 5.66. The second kappa shape index (κ2) is 6.20. The molecule has 0 spiro atoms. The number of hydrogen-bond acceptors (Lipinski definition) is 4. The summed E-state index contributed by atoms with van der Waals surface area (Å²) in [7, 11) is 0. The Hall–Kier alpha value is -2.07. The molecule has 3 rings (SSSR count). The molecule has 5 atom stereocenters. The monoisotopic (exact) mass is 319 g/mol. The van der Waals surface area contributed by atoms with Gasteiger partial charge in [-0.05, 0) is 31.6 Å². The zero-order chi connectivity index (χ0) is 16.6. The molecule has 0 radical (unpaired) electrons. The Morgan fingerprint density at radius 2 is 2.22 bits per heavy atom. The van der Waals surface area contributed by atoms with Gasteiger partial charge in [-0.25, -0.2) is 4.79 Å².